The van der Waals surface area contributed by atoms with Gasteiger partial charge in [0.2, 0.25) is 0 Å². The molecular weight excluding hydrogens is 368 g/mol. The molecule has 1 fully saturated rings. The van der Waals surface area contributed by atoms with Crippen molar-refractivity contribution in [2.75, 3.05) is 52.4 Å². The lowest BCUT2D eigenvalue weighted by Gasteiger charge is -2.34. The van der Waals surface area contributed by atoms with E-state index in [-0.39, 0.29) is 12.0 Å². The summed E-state index contributed by atoms with van der Waals surface area (Å²) in [5.74, 6) is -0.00425. The summed E-state index contributed by atoms with van der Waals surface area (Å²) in [6, 6.07) is 9.33. The maximum Gasteiger partial charge on any atom is 0.407 e. The first-order chi connectivity index (χ1) is 13.8. The van der Waals surface area contributed by atoms with Crippen molar-refractivity contribution in [2.45, 2.75) is 39.2 Å². The zero-order valence-corrected chi connectivity index (χ0v) is 18.1. The molecule has 2 rings (SSSR count). The first kappa shape index (κ1) is 23.2. The fraction of sp³-hybridized carbons (Fsp3) is 0.636. The minimum absolute atomic E-state index is 0.00425. The van der Waals surface area contributed by atoms with Gasteiger partial charge >= 0.3 is 6.09 Å². The van der Waals surface area contributed by atoms with Crippen LogP contribution in [0.15, 0.2) is 30.3 Å². The molecule has 0 saturated carbocycles. The molecular formula is C22H36N4O3. The largest absolute Gasteiger partial charge is 0.444 e. The Kier molecular flexibility index (Phi) is 9.41. The van der Waals surface area contributed by atoms with E-state index in [2.05, 4.69) is 20.4 Å². The van der Waals surface area contributed by atoms with E-state index in [1.807, 2.05) is 51.1 Å². The van der Waals surface area contributed by atoms with Gasteiger partial charge in [0.25, 0.3) is 5.91 Å². The molecule has 7 heteroatoms. The zero-order chi connectivity index (χ0) is 21.1. The summed E-state index contributed by atoms with van der Waals surface area (Å²) in [4.78, 5) is 28.5. The number of amides is 2. The number of alkyl carbamates (subject to hydrolysis) is 1. The van der Waals surface area contributed by atoms with E-state index >= 15 is 0 Å². The predicted octanol–water partition coefficient (Wildman–Crippen LogP) is 2.34. The molecule has 0 aromatic heterocycles. The molecule has 0 spiro atoms. The highest BCUT2D eigenvalue weighted by atomic mass is 16.6. The van der Waals surface area contributed by atoms with Gasteiger partial charge in [0.1, 0.15) is 5.60 Å². The summed E-state index contributed by atoms with van der Waals surface area (Å²) in [7, 11) is 0. The van der Waals surface area contributed by atoms with Crippen molar-refractivity contribution in [3.63, 3.8) is 0 Å². The molecule has 0 atom stereocenters. The van der Waals surface area contributed by atoms with Crippen LogP contribution in [0, 0.1) is 0 Å². The smallest absolute Gasteiger partial charge is 0.407 e. The van der Waals surface area contributed by atoms with Gasteiger partial charge in [-0.2, -0.15) is 0 Å². The molecule has 1 aromatic carbocycles. The van der Waals surface area contributed by atoms with Crippen molar-refractivity contribution in [1.82, 2.24) is 20.4 Å². The lowest BCUT2D eigenvalue weighted by atomic mass is 10.2. The number of carbonyl (C=O) groups excluding carboxylic acids is 2. The average Bonchev–Trinajstić information content (AvgIpc) is 2.69. The van der Waals surface area contributed by atoms with Crippen molar-refractivity contribution in [3.05, 3.63) is 35.9 Å². The van der Waals surface area contributed by atoms with Crippen molar-refractivity contribution >= 4 is 12.0 Å². The van der Waals surface area contributed by atoms with E-state index in [0.29, 0.717) is 18.7 Å². The highest BCUT2D eigenvalue weighted by Gasteiger charge is 2.17. The van der Waals surface area contributed by atoms with Gasteiger partial charge < -0.3 is 25.2 Å². The van der Waals surface area contributed by atoms with Crippen molar-refractivity contribution in [2.24, 2.45) is 0 Å². The lowest BCUT2D eigenvalue weighted by Crippen LogP contribution is -2.47. The summed E-state index contributed by atoms with van der Waals surface area (Å²) in [6.45, 7) is 13.1. The number of rotatable bonds is 9. The first-order valence-electron chi connectivity index (χ1n) is 10.6. The molecule has 1 aliphatic heterocycles. The van der Waals surface area contributed by atoms with Crippen molar-refractivity contribution in [1.29, 1.82) is 0 Å². The van der Waals surface area contributed by atoms with Crippen molar-refractivity contribution in [3.8, 4) is 0 Å². The minimum atomic E-state index is -0.454. The van der Waals surface area contributed by atoms with Gasteiger partial charge in [-0.3, -0.25) is 4.79 Å². The van der Waals surface area contributed by atoms with E-state index in [1.165, 1.54) is 0 Å². The molecule has 1 aromatic rings. The minimum Gasteiger partial charge on any atom is -0.444 e. The van der Waals surface area contributed by atoms with Crippen LogP contribution in [0.4, 0.5) is 4.79 Å². The highest BCUT2D eigenvalue weighted by molar-refractivity contribution is 5.94. The highest BCUT2D eigenvalue weighted by Crippen LogP contribution is 2.07. The average molecular weight is 405 g/mol. The van der Waals surface area contributed by atoms with E-state index in [1.54, 1.807) is 0 Å². The third-order valence-corrected chi connectivity index (χ3v) is 4.76. The van der Waals surface area contributed by atoms with E-state index < -0.39 is 5.60 Å². The number of nitrogens with zero attached hydrogens (tertiary/aromatic N) is 2. The second kappa shape index (κ2) is 11.8. The monoisotopic (exact) mass is 404 g/mol. The molecule has 0 unspecified atom stereocenters. The maximum absolute atomic E-state index is 12.0. The SMILES string of the molecule is CC(C)(C)OC(=O)NCCCN1CCN(CCCNC(=O)c2ccccc2)CC1. The molecule has 2 N–H and O–H groups in total. The Morgan fingerprint density at radius 3 is 1.93 bits per heavy atom. The van der Waals surface area contributed by atoms with Crippen LogP contribution in [0.5, 0.6) is 0 Å². The fourth-order valence-electron chi connectivity index (χ4n) is 3.24. The molecule has 2 amide bonds. The number of benzene rings is 1. The zero-order valence-electron chi connectivity index (χ0n) is 18.1. The Morgan fingerprint density at radius 1 is 0.897 bits per heavy atom. The van der Waals surface area contributed by atoms with Crippen LogP contribution >= 0.6 is 0 Å². The van der Waals surface area contributed by atoms with Crippen LogP contribution in [0.25, 0.3) is 0 Å². The Hall–Kier alpha value is -2.12. The Morgan fingerprint density at radius 2 is 1.41 bits per heavy atom. The van der Waals surface area contributed by atoms with Crippen LogP contribution in [0.3, 0.4) is 0 Å². The summed E-state index contributed by atoms with van der Waals surface area (Å²) < 4.78 is 5.23. The third-order valence-electron chi connectivity index (χ3n) is 4.76. The normalized spacial score (nSPS) is 15.7. The number of hydrogen-bond acceptors (Lipinski definition) is 5. The van der Waals surface area contributed by atoms with E-state index in [9.17, 15) is 9.59 Å². The van der Waals surface area contributed by atoms with Gasteiger partial charge in [-0.15, -0.1) is 0 Å². The summed E-state index contributed by atoms with van der Waals surface area (Å²) >= 11 is 0. The van der Waals surface area contributed by atoms with Gasteiger partial charge in [-0.1, -0.05) is 18.2 Å². The van der Waals surface area contributed by atoms with E-state index in [4.69, 9.17) is 4.74 Å². The molecule has 0 radical (unpaired) electrons. The summed E-state index contributed by atoms with van der Waals surface area (Å²) in [6.07, 6.45) is 1.53. The second-order valence-corrected chi connectivity index (χ2v) is 8.44. The molecule has 7 nitrogen and oxygen atoms in total. The summed E-state index contributed by atoms with van der Waals surface area (Å²) in [5, 5.41) is 5.79. The van der Waals surface area contributed by atoms with E-state index in [0.717, 1.165) is 52.1 Å². The second-order valence-electron chi connectivity index (χ2n) is 8.44. The van der Waals surface area contributed by atoms with Gasteiger partial charge in [0, 0.05) is 44.8 Å². The Balaban J connectivity index is 1.49. The van der Waals surface area contributed by atoms with Crippen LogP contribution in [-0.4, -0.2) is 79.8 Å². The number of nitrogens with one attached hydrogen (secondary N) is 2. The lowest BCUT2D eigenvalue weighted by molar-refractivity contribution is 0.0523. The van der Waals surface area contributed by atoms with Crippen molar-refractivity contribution < 1.29 is 14.3 Å². The first-order valence-corrected chi connectivity index (χ1v) is 10.6. The number of carbonyl (C=O) groups is 2. The van der Waals surface area contributed by atoms with Crippen LogP contribution in [-0.2, 0) is 4.74 Å². The molecule has 0 bridgehead atoms. The molecule has 29 heavy (non-hydrogen) atoms. The molecule has 162 valence electrons. The topological polar surface area (TPSA) is 73.9 Å². The Bertz CT molecular complexity index is 623. The predicted molar refractivity (Wildman–Crippen MR) is 115 cm³/mol. The van der Waals surface area contributed by atoms with Gasteiger partial charge in [0.15, 0.2) is 0 Å². The number of ether oxygens (including phenoxy) is 1. The quantitative estimate of drug-likeness (QED) is 0.618. The molecule has 1 aliphatic rings. The van der Waals surface area contributed by atoms with Crippen LogP contribution in [0.1, 0.15) is 44.0 Å². The Labute approximate surface area is 174 Å². The van der Waals surface area contributed by atoms with Gasteiger partial charge in [-0.25, -0.2) is 4.79 Å². The standard InChI is InChI=1S/C22H36N4O3/c1-22(2,3)29-21(28)24-12-8-14-26-17-15-25(16-18-26)13-7-11-23-20(27)19-9-5-4-6-10-19/h4-6,9-10H,7-8,11-18H2,1-3H3,(H,23,27)(H,24,28). The fourth-order valence-corrected chi connectivity index (χ4v) is 3.24. The van der Waals surface area contributed by atoms with Gasteiger partial charge in [0.05, 0.1) is 0 Å². The maximum atomic E-state index is 12.0. The van der Waals surface area contributed by atoms with Crippen LogP contribution < -0.4 is 10.6 Å². The number of piperazine rings is 1. The number of hydrogen-bond donors (Lipinski definition) is 2. The van der Waals surface area contributed by atoms with Crippen LogP contribution in [0.2, 0.25) is 0 Å². The summed E-state index contributed by atoms with van der Waals surface area (Å²) in [5.41, 5.74) is 0.257. The molecule has 1 saturated heterocycles. The third kappa shape index (κ3) is 9.76. The van der Waals surface area contributed by atoms with Gasteiger partial charge in [-0.05, 0) is 58.8 Å². The molecule has 0 aliphatic carbocycles. The molecule has 1 heterocycles.